The van der Waals surface area contributed by atoms with Gasteiger partial charge in [-0.3, -0.25) is 0 Å². The Hall–Kier alpha value is -2.72. The lowest BCUT2D eigenvalue weighted by atomic mass is 9.99. The molecule has 29 heavy (non-hydrogen) atoms. The number of hydrogen-bond acceptors (Lipinski definition) is 3. The summed E-state index contributed by atoms with van der Waals surface area (Å²) < 4.78 is 1.33. The van der Waals surface area contributed by atoms with Gasteiger partial charge >= 0.3 is 0 Å². The van der Waals surface area contributed by atoms with E-state index in [1.54, 1.807) is 0 Å². The zero-order chi connectivity index (χ0) is 20.1. The molecule has 0 saturated heterocycles. The molecule has 2 aromatic heterocycles. The van der Waals surface area contributed by atoms with Crippen LogP contribution in [0, 0.1) is 5.92 Å². The summed E-state index contributed by atoms with van der Waals surface area (Å²) in [6, 6.07) is 15.6. The summed E-state index contributed by atoms with van der Waals surface area (Å²) in [6.07, 6.45) is 2.93. The Morgan fingerprint density at radius 3 is 2.31 bits per heavy atom. The van der Waals surface area contributed by atoms with E-state index in [9.17, 15) is 0 Å². The monoisotopic (exact) mass is 399 g/mol. The van der Waals surface area contributed by atoms with Gasteiger partial charge in [0.2, 0.25) is 0 Å². The molecule has 1 N–H and O–H groups in total. The summed E-state index contributed by atoms with van der Waals surface area (Å²) in [4.78, 5) is 12.8. The van der Waals surface area contributed by atoms with Gasteiger partial charge in [-0.25, -0.2) is 9.98 Å². The smallest absolute Gasteiger partial charge is 0.120 e. The van der Waals surface area contributed by atoms with Gasteiger partial charge in [0.1, 0.15) is 10.8 Å². The van der Waals surface area contributed by atoms with Gasteiger partial charge < -0.3 is 4.98 Å². The molecule has 5 rings (SSSR count). The first-order valence-corrected chi connectivity index (χ1v) is 11.1. The van der Waals surface area contributed by atoms with Crippen LogP contribution in [0.5, 0.6) is 0 Å². The van der Waals surface area contributed by atoms with Gasteiger partial charge in [0.15, 0.2) is 0 Å². The van der Waals surface area contributed by atoms with Crippen molar-refractivity contribution in [1.29, 1.82) is 0 Å². The van der Waals surface area contributed by atoms with Crippen molar-refractivity contribution in [1.82, 2.24) is 9.97 Å². The van der Waals surface area contributed by atoms with E-state index in [1.165, 1.54) is 43.1 Å². The van der Waals surface area contributed by atoms with E-state index in [4.69, 9.17) is 4.99 Å². The maximum atomic E-state index is 4.88. The van der Waals surface area contributed by atoms with Crippen molar-refractivity contribution in [3.8, 4) is 22.4 Å². The molecule has 0 unspecified atom stereocenters. The zero-order valence-electron chi connectivity index (χ0n) is 17.3. The molecule has 4 heteroatoms. The van der Waals surface area contributed by atoms with E-state index in [-0.39, 0.29) is 0 Å². The number of fused-ring (bicyclic) bond motifs is 3. The number of nitrogens with zero attached hydrogens (tertiary/aromatic N) is 2. The van der Waals surface area contributed by atoms with Gasteiger partial charge in [-0.15, -0.1) is 11.3 Å². The van der Waals surface area contributed by atoms with Gasteiger partial charge in [0.25, 0.3) is 0 Å². The molecule has 3 heterocycles. The Balaban J connectivity index is 1.45. The summed E-state index contributed by atoms with van der Waals surface area (Å²) >= 11 is 1.82. The minimum atomic E-state index is 0.406. The van der Waals surface area contributed by atoms with E-state index >= 15 is 0 Å². The molecule has 0 atom stereocenters. The fourth-order valence-corrected chi connectivity index (χ4v) is 5.04. The number of benzene rings is 2. The second kappa shape index (κ2) is 6.96. The fraction of sp³-hybridized carbons (Fsp3) is 0.280. The van der Waals surface area contributed by atoms with Crippen LogP contribution < -0.4 is 0 Å². The third kappa shape index (κ3) is 3.22. The van der Waals surface area contributed by atoms with Crippen LogP contribution in [0.2, 0.25) is 0 Å². The van der Waals surface area contributed by atoms with Crippen molar-refractivity contribution >= 4 is 32.1 Å². The molecule has 0 radical (unpaired) electrons. The summed E-state index contributed by atoms with van der Waals surface area (Å²) in [6.45, 7) is 8.76. The lowest BCUT2D eigenvalue weighted by molar-refractivity contribution is 0.795. The molecule has 146 valence electrons. The Labute approximate surface area is 175 Å². The van der Waals surface area contributed by atoms with E-state index < -0.39 is 0 Å². The highest BCUT2D eigenvalue weighted by molar-refractivity contribution is 7.23. The van der Waals surface area contributed by atoms with Crippen molar-refractivity contribution in [3.05, 3.63) is 60.0 Å². The lowest BCUT2D eigenvalue weighted by Crippen LogP contribution is -2.06. The third-order valence-corrected chi connectivity index (χ3v) is 6.80. The van der Waals surface area contributed by atoms with Crippen LogP contribution >= 0.6 is 11.3 Å². The first-order chi connectivity index (χ1) is 14.0. The number of hydrogen-bond donors (Lipinski definition) is 1. The number of aliphatic imine (C=N–C) groups is 1. The quantitative estimate of drug-likeness (QED) is 0.382. The molecule has 0 bridgehead atoms. The van der Waals surface area contributed by atoms with Crippen molar-refractivity contribution in [2.24, 2.45) is 10.9 Å². The standard InChI is InChI=1S/C25H25N3S/c1-14(2)21-12-20-19-10-9-18(11-23(19)29-25(20)28-21)16-5-7-17(8-6-16)22-13-26-24(27-22)15(3)4/h5-11,13-15H,12H2,1-4H3,(H,26,27). The van der Waals surface area contributed by atoms with Gasteiger partial charge in [-0.05, 0) is 34.1 Å². The van der Waals surface area contributed by atoms with Crippen molar-refractivity contribution < 1.29 is 0 Å². The van der Waals surface area contributed by atoms with Crippen LogP contribution in [-0.4, -0.2) is 15.7 Å². The number of nitrogens with one attached hydrogen (secondary N) is 1. The summed E-state index contributed by atoms with van der Waals surface area (Å²) in [7, 11) is 0. The zero-order valence-corrected chi connectivity index (χ0v) is 18.1. The summed E-state index contributed by atoms with van der Waals surface area (Å²) in [5.41, 5.74) is 7.45. The fourth-order valence-electron chi connectivity index (χ4n) is 3.88. The Morgan fingerprint density at radius 1 is 0.897 bits per heavy atom. The largest absolute Gasteiger partial charge is 0.342 e. The summed E-state index contributed by atoms with van der Waals surface area (Å²) in [5.74, 6) is 1.96. The lowest BCUT2D eigenvalue weighted by Gasteiger charge is -2.06. The normalized spacial score (nSPS) is 13.5. The molecule has 1 aliphatic heterocycles. The number of aromatic nitrogens is 2. The topological polar surface area (TPSA) is 41.0 Å². The highest BCUT2D eigenvalue weighted by Gasteiger charge is 2.22. The molecular formula is C25H25N3S. The molecule has 0 saturated carbocycles. The van der Waals surface area contributed by atoms with Crippen LogP contribution in [0.15, 0.2) is 53.7 Å². The third-order valence-electron chi connectivity index (χ3n) is 5.71. The average Bonchev–Trinajstić information content (AvgIpc) is 3.42. The average molecular weight is 400 g/mol. The number of thiophene rings is 1. The highest BCUT2D eigenvalue weighted by Crippen LogP contribution is 2.43. The molecule has 0 aliphatic carbocycles. The van der Waals surface area contributed by atoms with E-state index in [1.807, 2.05) is 17.5 Å². The molecule has 1 aliphatic rings. The molecule has 0 amide bonds. The minimum absolute atomic E-state index is 0.406. The van der Waals surface area contributed by atoms with Gasteiger partial charge in [0, 0.05) is 28.3 Å². The first kappa shape index (κ1) is 18.3. The molecule has 2 aromatic carbocycles. The predicted octanol–water partition coefficient (Wildman–Crippen LogP) is 7.37. The second-order valence-electron chi connectivity index (χ2n) is 8.45. The number of H-pyrrole nitrogens is 1. The second-order valence-corrected chi connectivity index (χ2v) is 9.48. The molecule has 0 fully saturated rings. The maximum Gasteiger partial charge on any atom is 0.120 e. The number of rotatable bonds is 4. The summed E-state index contributed by atoms with van der Waals surface area (Å²) in [5, 5.41) is 2.57. The van der Waals surface area contributed by atoms with E-state index in [0.717, 1.165) is 17.9 Å². The minimum Gasteiger partial charge on any atom is -0.342 e. The van der Waals surface area contributed by atoms with Crippen molar-refractivity contribution in [2.45, 2.75) is 40.0 Å². The number of aromatic amines is 1. The SMILES string of the molecule is CC(C)C1=Nc2sc3cc(-c4ccc(-c5cnc(C(C)C)[nH]5)cc4)ccc3c2C1. The van der Waals surface area contributed by atoms with Crippen LogP contribution in [-0.2, 0) is 6.42 Å². The maximum absolute atomic E-state index is 4.88. The predicted molar refractivity (Wildman–Crippen MR) is 125 cm³/mol. The van der Waals surface area contributed by atoms with Gasteiger partial charge in [-0.2, -0.15) is 0 Å². The van der Waals surface area contributed by atoms with Crippen LogP contribution in [0.3, 0.4) is 0 Å². The molecule has 4 aromatic rings. The van der Waals surface area contributed by atoms with Crippen LogP contribution in [0.4, 0.5) is 5.00 Å². The van der Waals surface area contributed by atoms with Crippen molar-refractivity contribution in [3.63, 3.8) is 0 Å². The Morgan fingerprint density at radius 2 is 1.62 bits per heavy atom. The Bertz CT molecular complexity index is 1220. The highest BCUT2D eigenvalue weighted by atomic mass is 32.1. The molecule has 3 nitrogen and oxygen atoms in total. The van der Waals surface area contributed by atoms with Gasteiger partial charge in [-0.1, -0.05) is 64.1 Å². The Kier molecular flexibility index (Phi) is 4.39. The van der Waals surface area contributed by atoms with Crippen molar-refractivity contribution in [2.75, 3.05) is 0 Å². The van der Waals surface area contributed by atoms with Crippen LogP contribution in [0.1, 0.15) is 45.0 Å². The molecular weight excluding hydrogens is 374 g/mol. The van der Waals surface area contributed by atoms with Crippen LogP contribution in [0.25, 0.3) is 32.5 Å². The van der Waals surface area contributed by atoms with Gasteiger partial charge in [0.05, 0.1) is 11.9 Å². The van der Waals surface area contributed by atoms with E-state index in [2.05, 4.69) is 80.1 Å². The number of imidazole rings is 1. The molecule has 0 spiro atoms. The van der Waals surface area contributed by atoms with E-state index in [0.29, 0.717) is 11.8 Å². The first-order valence-electron chi connectivity index (χ1n) is 10.3.